The SMILES string of the molecule is CN(CCO)C(CN)c1ccc(C(C)(C)C)cc1. The van der Waals surface area contributed by atoms with Gasteiger partial charge in [0.2, 0.25) is 0 Å². The van der Waals surface area contributed by atoms with E-state index < -0.39 is 0 Å². The van der Waals surface area contributed by atoms with Gasteiger partial charge in [-0.1, -0.05) is 45.0 Å². The van der Waals surface area contributed by atoms with Crippen LogP contribution in [0.5, 0.6) is 0 Å². The number of benzene rings is 1. The van der Waals surface area contributed by atoms with Gasteiger partial charge in [0.05, 0.1) is 6.61 Å². The van der Waals surface area contributed by atoms with Crippen molar-refractivity contribution in [1.29, 1.82) is 0 Å². The number of rotatable bonds is 5. The first-order chi connectivity index (χ1) is 8.40. The van der Waals surface area contributed by atoms with E-state index in [4.69, 9.17) is 10.8 Å². The Morgan fingerprint density at radius 1 is 1.22 bits per heavy atom. The van der Waals surface area contributed by atoms with E-state index in [-0.39, 0.29) is 18.1 Å². The summed E-state index contributed by atoms with van der Waals surface area (Å²) in [5.41, 5.74) is 8.55. The fourth-order valence-corrected chi connectivity index (χ4v) is 2.09. The Balaban J connectivity index is 2.88. The third-order valence-corrected chi connectivity index (χ3v) is 3.37. The standard InChI is InChI=1S/C15H26N2O/c1-15(2,3)13-7-5-12(6-8-13)14(11-16)17(4)9-10-18/h5-8,14,18H,9-11,16H2,1-4H3. The lowest BCUT2D eigenvalue weighted by Gasteiger charge is -2.27. The van der Waals surface area contributed by atoms with Crippen molar-refractivity contribution < 1.29 is 5.11 Å². The number of hydrogen-bond acceptors (Lipinski definition) is 3. The fourth-order valence-electron chi connectivity index (χ4n) is 2.09. The molecule has 0 aromatic heterocycles. The average Bonchev–Trinajstić information content (AvgIpc) is 2.30. The first kappa shape index (κ1) is 15.2. The van der Waals surface area contributed by atoms with Crippen molar-refractivity contribution in [3.8, 4) is 0 Å². The van der Waals surface area contributed by atoms with E-state index in [0.717, 1.165) is 0 Å². The lowest BCUT2D eigenvalue weighted by molar-refractivity contribution is 0.183. The average molecular weight is 250 g/mol. The first-order valence-corrected chi connectivity index (χ1v) is 6.51. The molecule has 0 saturated heterocycles. The first-order valence-electron chi connectivity index (χ1n) is 6.51. The topological polar surface area (TPSA) is 49.5 Å². The van der Waals surface area contributed by atoms with Crippen molar-refractivity contribution in [2.24, 2.45) is 5.73 Å². The molecule has 0 aliphatic carbocycles. The quantitative estimate of drug-likeness (QED) is 0.839. The lowest BCUT2D eigenvalue weighted by Crippen LogP contribution is -2.32. The van der Waals surface area contributed by atoms with Crippen LogP contribution in [0, 0.1) is 0 Å². The van der Waals surface area contributed by atoms with Crippen molar-refractivity contribution in [1.82, 2.24) is 4.90 Å². The van der Waals surface area contributed by atoms with Gasteiger partial charge in [0.1, 0.15) is 0 Å². The number of aliphatic hydroxyl groups is 1. The smallest absolute Gasteiger partial charge is 0.0558 e. The summed E-state index contributed by atoms with van der Waals surface area (Å²) < 4.78 is 0. The molecule has 102 valence electrons. The molecule has 3 N–H and O–H groups in total. The van der Waals surface area contributed by atoms with Crippen LogP contribution < -0.4 is 5.73 Å². The van der Waals surface area contributed by atoms with Crippen LogP contribution in [0.15, 0.2) is 24.3 Å². The van der Waals surface area contributed by atoms with E-state index in [9.17, 15) is 0 Å². The van der Waals surface area contributed by atoms with Crippen LogP contribution in [0.1, 0.15) is 37.9 Å². The van der Waals surface area contributed by atoms with Crippen molar-refractivity contribution in [3.05, 3.63) is 35.4 Å². The van der Waals surface area contributed by atoms with E-state index in [2.05, 4.69) is 49.9 Å². The highest BCUT2D eigenvalue weighted by Gasteiger charge is 2.17. The number of nitrogens with zero attached hydrogens (tertiary/aromatic N) is 1. The van der Waals surface area contributed by atoms with Crippen molar-refractivity contribution >= 4 is 0 Å². The second kappa shape index (κ2) is 6.32. The normalized spacial score (nSPS) is 13.9. The van der Waals surface area contributed by atoms with E-state index in [1.165, 1.54) is 11.1 Å². The van der Waals surface area contributed by atoms with Crippen molar-refractivity contribution in [3.63, 3.8) is 0 Å². The highest BCUT2D eigenvalue weighted by molar-refractivity contribution is 5.29. The van der Waals surface area contributed by atoms with Crippen LogP contribution in [0.3, 0.4) is 0 Å². The maximum atomic E-state index is 9.00. The zero-order chi connectivity index (χ0) is 13.8. The van der Waals surface area contributed by atoms with Crippen molar-refractivity contribution in [2.75, 3.05) is 26.7 Å². The second-order valence-corrected chi connectivity index (χ2v) is 5.83. The molecule has 0 saturated carbocycles. The molecule has 1 unspecified atom stereocenters. The summed E-state index contributed by atoms with van der Waals surface area (Å²) in [6.45, 7) is 7.99. The molecule has 0 fully saturated rings. The third-order valence-electron chi connectivity index (χ3n) is 3.37. The van der Waals surface area contributed by atoms with Crippen LogP contribution in [0.25, 0.3) is 0 Å². The van der Waals surface area contributed by atoms with Gasteiger partial charge < -0.3 is 10.8 Å². The minimum Gasteiger partial charge on any atom is -0.395 e. The molecular weight excluding hydrogens is 224 g/mol. The van der Waals surface area contributed by atoms with E-state index >= 15 is 0 Å². The highest BCUT2D eigenvalue weighted by Crippen LogP contribution is 2.25. The Morgan fingerprint density at radius 3 is 2.17 bits per heavy atom. The Bertz CT molecular complexity index is 354. The number of aliphatic hydroxyl groups excluding tert-OH is 1. The van der Waals surface area contributed by atoms with E-state index in [0.29, 0.717) is 13.1 Å². The van der Waals surface area contributed by atoms with Gasteiger partial charge in [-0.15, -0.1) is 0 Å². The van der Waals surface area contributed by atoms with Crippen molar-refractivity contribution in [2.45, 2.75) is 32.2 Å². The Morgan fingerprint density at radius 2 is 1.78 bits per heavy atom. The second-order valence-electron chi connectivity index (χ2n) is 5.83. The van der Waals surface area contributed by atoms with Gasteiger partial charge in [-0.25, -0.2) is 0 Å². The minimum absolute atomic E-state index is 0.160. The minimum atomic E-state index is 0.160. The zero-order valence-electron chi connectivity index (χ0n) is 12.0. The molecule has 0 aliphatic rings. The van der Waals surface area contributed by atoms with Gasteiger partial charge in [0, 0.05) is 19.1 Å². The monoisotopic (exact) mass is 250 g/mol. The molecule has 0 bridgehead atoms. The molecule has 1 rings (SSSR count). The molecular formula is C15H26N2O. The molecule has 0 amide bonds. The third kappa shape index (κ3) is 3.80. The van der Waals surface area contributed by atoms with Crippen LogP contribution >= 0.6 is 0 Å². The predicted molar refractivity (Wildman–Crippen MR) is 76.7 cm³/mol. The summed E-state index contributed by atoms with van der Waals surface area (Å²) >= 11 is 0. The Hall–Kier alpha value is -0.900. The van der Waals surface area contributed by atoms with Crippen LogP contribution in [-0.2, 0) is 5.41 Å². The molecule has 0 spiro atoms. The molecule has 3 nitrogen and oxygen atoms in total. The summed E-state index contributed by atoms with van der Waals surface area (Å²) in [6, 6.07) is 8.80. The Kier molecular flexibility index (Phi) is 5.32. The van der Waals surface area contributed by atoms with Gasteiger partial charge >= 0.3 is 0 Å². The summed E-state index contributed by atoms with van der Waals surface area (Å²) in [7, 11) is 1.99. The summed E-state index contributed by atoms with van der Waals surface area (Å²) in [6.07, 6.45) is 0. The van der Waals surface area contributed by atoms with Gasteiger partial charge in [-0.05, 0) is 23.6 Å². The van der Waals surface area contributed by atoms with Crippen LogP contribution in [0.4, 0.5) is 0 Å². The molecule has 1 atom stereocenters. The fraction of sp³-hybridized carbons (Fsp3) is 0.600. The number of hydrogen-bond donors (Lipinski definition) is 2. The molecule has 1 aromatic rings. The van der Waals surface area contributed by atoms with E-state index in [1.807, 2.05) is 7.05 Å². The molecule has 0 aliphatic heterocycles. The molecule has 0 radical (unpaired) electrons. The Labute approximate surface area is 111 Å². The summed E-state index contributed by atoms with van der Waals surface area (Å²) in [5, 5.41) is 9.00. The van der Waals surface area contributed by atoms with Crippen LogP contribution in [-0.4, -0.2) is 36.8 Å². The highest BCUT2D eigenvalue weighted by atomic mass is 16.3. The summed E-state index contributed by atoms with van der Waals surface area (Å²) in [4.78, 5) is 2.09. The molecule has 0 heterocycles. The predicted octanol–water partition coefficient (Wildman–Crippen LogP) is 1.91. The summed E-state index contributed by atoms with van der Waals surface area (Å²) in [5.74, 6) is 0. The van der Waals surface area contributed by atoms with Gasteiger partial charge in [-0.3, -0.25) is 4.90 Å². The van der Waals surface area contributed by atoms with Gasteiger partial charge in [0.15, 0.2) is 0 Å². The maximum Gasteiger partial charge on any atom is 0.0558 e. The largest absolute Gasteiger partial charge is 0.395 e. The van der Waals surface area contributed by atoms with Gasteiger partial charge in [0.25, 0.3) is 0 Å². The lowest BCUT2D eigenvalue weighted by atomic mass is 9.86. The molecule has 18 heavy (non-hydrogen) atoms. The molecule has 1 aromatic carbocycles. The van der Waals surface area contributed by atoms with Gasteiger partial charge in [-0.2, -0.15) is 0 Å². The van der Waals surface area contributed by atoms with Crippen LogP contribution in [0.2, 0.25) is 0 Å². The maximum absolute atomic E-state index is 9.00. The zero-order valence-corrected chi connectivity index (χ0v) is 12.0. The number of nitrogens with two attached hydrogens (primary N) is 1. The van der Waals surface area contributed by atoms with E-state index in [1.54, 1.807) is 0 Å². The molecule has 3 heteroatoms. The number of likely N-dealkylation sites (N-methyl/N-ethyl adjacent to an activating group) is 1.